The van der Waals surface area contributed by atoms with Crippen molar-refractivity contribution in [1.82, 2.24) is 5.32 Å². The van der Waals surface area contributed by atoms with Gasteiger partial charge in [-0.15, -0.1) is 11.8 Å². The summed E-state index contributed by atoms with van der Waals surface area (Å²) in [7, 11) is 0. The highest BCUT2D eigenvalue weighted by Gasteiger charge is 2.04. The Labute approximate surface area is 127 Å². The smallest absolute Gasteiger partial charge is 0.230 e. The first-order chi connectivity index (χ1) is 10.0. The van der Waals surface area contributed by atoms with Crippen LogP contribution in [-0.4, -0.2) is 16.8 Å². The molecule has 0 aliphatic carbocycles. The number of phenolic OH excluding ortho intramolecular Hbond substituents is 1. The number of hydrogen-bond acceptors (Lipinski definition) is 3. The molecule has 0 unspecified atom stereocenters. The molecule has 0 saturated carbocycles. The summed E-state index contributed by atoms with van der Waals surface area (Å²) in [6.45, 7) is 2.07. The van der Waals surface area contributed by atoms with Gasteiger partial charge in [-0.05, 0) is 42.3 Å². The van der Waals surface area contributed by atoms with Gasteiger partial charge in [-0.25, -0.2) is 4.39 Å². The van der Waals surface area contributed by atoms with Gasteiger partial charge in [0.1, 0.15) is 11.6 Å². The molecule has 3 nitrogen and oxygen atoms in total. The van der Waals surface area contributed by atoms with Gasteiger partial charge >= 0.3 is 0 Å². The zero-order chi connectivity index (χ0) is 15.2. The number of halogens is 1. The zero-order valence-corrected chi connectivity index (χ0v) is 12.4. The maximum atomic E-state index is 13.1. The molecule has 2 aromatic rings. The van der Waals surface area contributed by atoms with Gasteiger partial charge < -0.3 is 10.4 Å². The molecule has 0 atom stereocenters. The summed E-state index contributed by atoms with van der Waals surface area (Å²) in [5.74, 6) is 0.0981. The third-order valence-electron chi connectivity index (χ3n) is 2.90. The second kappa shape index (κ2) is 7.13. The van der Waals surface area contributed by atoms with Crippen molar-refractivity contribution in [3.05, 3.63) is 59.4 Å². The van der Waals surface area contributed by atoms with E-state index in [0.717, 1.165) is 10.5 Å². The van der Waals surface area contributed by atoms with Gasteiger partial charge in [0.05, 0.1) is 5.75 Å². The van der Waals surface area contributed by atoms with Crippen molar-refractivity contribution in [2.75, 3.05) is 5.75 Å². The predicted molar refractivity (Wildman–Crippen MR) is 81.8 cm³/mol. The fourth-order valence-electron chi connectivity index (χ4n) is 1.79. The first-order valence-electron chi connectivity index (χ1n) is 6.48. The number of rotatable bonds is 5. The fourth-order valence-corrected chi connectivity index (χ4v) is 2.57. The SMILES string of the molecule is Cc1cc(CNC(=O)CSc2cccc(O)c2)ccc1F. The average molecular weight is 305 g/mol. The highest BCUT2D eigenvalue weighted by atomic mass is 32.2. The molecule has 0 aliphatic heterocycles. The first kappa shape index (κ1) is 15.4. The minimum atomic E-state index is -0.246. The van der Waals surface area contributed by atoms with Gasteiger partial charge in [0, 0.05) is 11.4 Å². The Bertz CT molecular complexity index is 646. The maximum absolute atomic E-state index is 13.1. The van der Waals surface area contributed by atoms with E-state index in [0.29, 0.717) is 12.1 Å². The lowest BCUT2D eigenvalue weighted by Gasteiger charge is -2.07. The Morgan fingerprint density at radius 2 is 2.10 bits per heavy atom. The topological polar surface area (TPSA) is 49.3 Å². The summed E-state index contributed by atoms with van der Waals surface area (Å²) in [6, 6.07) is 11.5. The number of aromatic hydroxyl groups is 1. The van der Waals surface area contributed by atoms with E-state index in [9.17, 15) is 14.3 Å². The van der Waals surface area contributed by atoms with E-state index >= 15 is 0 Å². The minimum absolute atomic E-state index is 0.106. The van der Waals surface area contributed by atoms with Crippen molar-refractivity contribution < 1.29 is 14.3 Å². The normalized spacial score (nSPS) is 10.4. The quantitative estimate of drug-likeness (QED) is 0.834. The summed E-state index contributed by atoms with van der Waals surface area (Å²) in [6.07, 6.45) is 0. The number of phenols is 1. The van der Waals surface area contributed by atoms with Crippen LogP contribution in [-0.2, 0) is 11.3 Å². The molecule has 2 N–H and O–H groups in total. The molecule has 0 radical (unpaired) electrons. The Balaban J connectivity index is 1.80. The van der Waals surface area contributed by atoms with E-state index in [1.54, 1.807) is 37.3 Å². The van der Waals surface area contributed by atoms with E-state index < -0.39 is 0 Å². The molecule has 0 heterocycles. The molecule has 110 valence electrons. The van der Waals surface area contributed by atoms with Crippen LogP contribution in [0.3, 0.4) is 0 Å². The van der Waals surface area contributed by atoms with Gasteiger partial charge in [0.25, 0.3) is 0 Å². The molecule has 0 aromatic heterocycles. The lowest BCUT2D eigenvalue weighted by molar-refractivity contribution is -0.118. The summed E-state index contributed by atoms with van der Waals surface area (Å²) in [5.41, 5.74) is 1.43. The molecule has 2 rings (SSSR count). The van der Waals surface area contributed by atoms with Crippen LogP contribution in [0.2, 0.25) is 0 Å². The summed E-state index contributed by atoms with van der Waals surface area (Å²) in [4.78, 5) is 12.6. The van der Waals surface area contributed by atoms with Crippen molar-refractivity contribution >= 4 is 17.7 Å². The van der Waals surface area contributed by atoms with Gasteiger partial charge in [-0.1, -0.05) is 18.2 Å². The number of aryl methyl sites for hydroxylation is 1. The van der Waals surface area contributed by atoms with Crippen LogP contribution in [0.25, 0.3) is 0 Å². The van der Waals surface area contributed by atoms with Gasteiger partial charge in [0.15, 0.2) is 0 Å². The second-order valence-electron chi connectivity index (χ2n) is 4.65. The minimum Gasteiger partial charge on any atom is -0.508 e. The number of carbonyl (C=O) groups is 1. The van der Waals surface area contributed by atoms with Crippen LogP contribution in [0.4, 0.5) is 4.39 Å². The van der Waals surface area contributed by atoms with Crippen molar-refractivity contribution in [2.24, 2.45) is 0 Å². The van der Waals surface area contributed by atoms with Crippen LogP contribution < -0.4 is 5.32 Å². The number of nitrogens with one attached hydrogen (secondary N) is 1. The lowest BCUT2D eigenvalue weighted by Crippen LogP contribution is -2.24. The number of amides is 1. The first-order valence-corrected chi connectivity index (χ1v) is 7.47. The molecule has 0 fully saturated rings. The Kier molecular flexibility index (Phi) is 5.22. The molecular formula is C16H16FNO2S. The number of carbonyl (C=O) groups excluding carboxylic acids is 1. The molecule has 2 aromatic carbocycles. The van der Waals surface area contributed by atoms with Crippen molar-refractivity contribution in [2.45, 2.75) is 18.4 Å². The lowest BCUT2D eigenvalue weighted by atomic mass is 10.1. The summed E-state index contributed by atoms with van der Waals surface area (Å²) in [5, 5.41) is 12.1. The molecule has 0 spiro atoms. The predicted octanol–water partition coefficient (Wildman–Crippen LogP) is 3.25. The second-order valence-corrected chi connectivity index (χ2v) is 5.70. The van der Waals surface area contributed by atoms with Gasteiger partial charge in [-0.2, -0.15) is 0 Å². The molecule has 0 aliphatic rings. The van der Waals surface area contributed by atoms with Gasteiger partial charge in [0.2, 0.25) is 5.91 Å². The largest absolute Gasteiger partial charge is 0.508 e. The highest BCUT2D eigenvalue weighted by Crippen LogP contribution is 2.21. The van der Waals surface area contributed by atoms with Crippen molar-refractivity contribution in [3.63, 3.8) is 0 Å². The van der Waals surface area contributed by atoms with Crippen LogP contribution in [0, 0.1) is 12.7 Å². The van der Waals surface area contributed by atoms with Gasteiger partial charge in [-0.3, -0.25) is 4.79 Å². The van der Waals surface area contributed by atoms with E-state index in [-0.39, 0.29) is 23.2 Å². The van der Waals surface area contributed by atoms with Crippen molar-refractivity contribution in [1.29, 1.82) is 0 Å². The Hall–Kier alpha value is -2.01. The maximum Gasteiger partial charge on any atom is 0.230 e. The molecular weight excluding hydrogens is 289 g/mol. The molecule has 5 heteroatoms. The van der Waals surface area contributed by atoms with E-state index in [4.69, 9.17) is 0 Å². The molecule has 0 saturated heterocycles. The number of thioether (sulfide) groups is 1. The number of benzene rings is 2. The summed E-state index contributed by atoms with van der Waals surface area (Å²) >= 11 is 1.35. The van der Waals surface area contributed by atoms with Crippen LogP contribution in [0.1, 0.15) is 11.1 Å². The van der Waals surface area contributed by atoms with Crippen LogP contribution >= 0.6 is 11.8 Å². The van der Waals surface area contributed by atoms with E-state index in [2.05, 4.69) is 5.32 Å². The van der Waals surface area contributed by atoms with E-state index in [1.807, 2.05) is 6.07 Å². The summed E-state index contributed by atoms with van der Waals surface area (Å²) < 4.78 is 13.1. The highest BCUT2D eigenvalue weighted by molar-refractivity contribution is 8.00. The monoisotopic (exact) mass is 305 g/mol. The van der Waals surface area contributed by atoms with Crippen LogP contribution in [0.5, 0.6) is 5.75 Å². The molecule has 21 heavy (non-hydrogen) atoms. The Morgan fingerprint density at radius 3 is 2.81 bits per heavy atom. The molecule has 1 amide bonds. The molecule has 0 bridgehead atoms. The van der Waals surface area contributed by atoms with Crippen molar-refractivity contribution in [3.8, 4) is 5.75 Å². The Morgan fingerprint density at radius 1 is 1.29 bits per heavy atom. The standard InChI is InChI=1S/C16H16FNO2S/c1-11-7-12(5-6-15(11)17)9-18-16(20)10-21-14-4-2-3-13(19)8-14/h2-8,19H,9-10H2,1H3,(H,18,20). The zero-order valence-electron chi connectivity index (χ0n) is 11.6. The van der Waals surface area contributed by atoms with E-state index in [1.165, 1.54) is 17.8 Å². The third kappa shape index (κ3) is 4.79. The third-order valence-corrected chi connectivity index (χ3v) is 3.89. The van der Waals surface area contributed by atoms with Crippen LogP contribution in [0.15, 0.2) is 47.4 Å². The fraction of sp³-hybridized carbons (Fsp3) is 0.188. The average Bonchev–Trinajstić information content (AvgIpc) is 2.46. The number of hydrogen-bond donors (Lipinski definition) is 2.